The zero-order chi connectivity index (χ0) is 18.1. The number of hydrogen-bond donors (Lipinski definition) is 0. The van der Waals surface area contributed by atoms with Gasteiger partial charge in [-0.1, -0.05) is 0 Å². The van der Waals surface area contributed by atoms with Crippen LogP contribution in [-0.4, -0.2) is 38.8 Å². The Balaban J connectivity index is 1.48. The molecule has 4 rings (SSSR count). The third-order valence-electron chi connectivity index (χ3n) is 4.90. The Labute approximate surface area is 151 Å². The van der Waals surface area contributed by atoms with Crippen molar-refractivity contribution in [3.63, 3.8) is 0 Å². The highest BCUT2D eigenvalue weighted by molar-refractivity contribution is 5.54. The van der Waals surface area contributed by atoms with Gasteiger partial charge in [-0.2, -0.15) is 19.9 Å². The van der Waals surface area contributed by atoms with E-state index in [0.717, 1.165) is 48.8 Å². The van der Waals surface area contributed by atoms with Crippen molar-refractivity contribution in [2.75, 3.05) is 18.0 Å². The summed E-state index contributed by atoms with van der Waals surface area (Å²) < 4.78 is 7.91. The summed E-state index contributed by atoms with van der Waals surface area (Å²) in [6, 6.07) is 9.42. The fraction of sp³-hybridized carbons (Fsp3) is 0.368. The molecule has 1 aromatic carbocycles. The molecule has 26 heavy (non-hydrogen) atoms. The van der Waals surface area contributed by atoms with Crippen molar-refractivity contribution in [1.29, 1.82) is 5.26 Å². The van der Waals surface area contributed by atoms with Crippen molar-refractivity contribution in [2.45, 2.75) is 32.8 Å². The summed E-state index contributed by atoms with van der Waals surface area (Å²) in [5, 5.41) is 13.2. The lowest BCUT2D eigenvalue weighted by atomic mass is 10.1. The van der Waals surface area contributed by atoms with E-state index in [4.69, 9.17) is 10.00 Å². The van der Waals surface area contributed by atoms with Gasteiger partial charge >= 0.3 is 0 Å². The number of ether oxygens (including phenoxy) is 1. The summed E-state index contributed by atoms with van der Waals surface area (Å²) >= 11 is 0. The molecular formula is C19H20N6O. The zero-order valence-electron chi connectivity index (χ0n) is 14.9. The molecule has 0 radical (unpaired) electrons. The maximum Gasteiger partial charge on any atom is 0.254 e. The van der Waals surface area contributed by atoms with E-state index in [2.05, 4.69) is 33.0 Å². The minimum absolute atomic E-state index is 0.175. The Kier molecular flexibility index (Phi) is 4.17. The Hall–Kier alpha value is -3.14. The third kappa shape index (κ3) is 2.94. The zero-order valence-corrected chi connectivity index (χ0v) is 14.9. The van der Waals surface area contributed by atoms with Crippen LogP contribution >= 0.6 is 0 Å². The second kappa shape index (κ2) is 6.64. The van der Waals surface area contributed by atoms with Crippen LogP contribution in [0.4, 0.5) is 5.82 Å². The molecule has 132 valence electrons. The third-order valence-corrected chi connectivity index (χ3v) is 4.90. The molecule has 7 heteroatoms. The monoisotopic (exact) mass is 348 g/mol. The van der Waals surface area contributed by atoms with Crippen molar-refractivity contribution in [2.24, 2.45) is 0 Å². The van der Waals surface area contributed by atoms with Gasteiger partial charge in [-0.05, 0) is 38.1 Å². The molecule has 1 aliphatic heterocycles. The van der Waals surface area contributed by atoms with E-state index in [1.807, 2.05) is 23.6 Å². The largest absolute Gasteiger partial charge is 0.490 e. The standard InChI is InChI=1S/C19H20N6O/c1-13-14(2)23-19-21-12-22-25(19)18(13)24-9-7-17(8-10-24)26-16-5-3-15(11-20)4-6-16/h3-6,12,17H,7-10H2,1-2H3. The number of nitriles is 1. The van der Waals surface area contributed by atoms with E-state index < -0.39 is 0 Å². The summed E-state index contributed by atoms with van der Waals surface area (Å²) in [5.41, 5.74) is 2.76. The molecule has 0 amide bonds. The van der Waals surface area contributed by atoms with Crippen LogP contribution in [0.2, 0.25) is 0 Å². The Bertz CT molecular complexity index is 964. The van der Waals surface area contributed by atoms with Gasteiger partial charge in [0.15, 0.2) is 0 Å². The van der Waals surface area contributed by atoms with Crippen LogP contribution in [0.5, 0.6) is 5.75 Å². The SMILES string of the molecule is Cc1nc2ncnn2c(N2CCC(Oc3ccc(C#N)cc3)CC2)c1C. The number of benzene rings is 1. The molecule has 3 aromatic rings. The van der Waals surface area contributed by atoms with Crippen molar-refractivity contribution in [3.05, 3.63) is 47.4 Å². The number of aryl methyl sites for hydroxylation is 1. The molecule has 0 bridgehead atoms. The molecule has 0 saturated carbocycles. The lowest BCUT2D eigenvalue weighted by molar-refractivity contribution is 0.170. The molecule has 1 aliphatic rings. The average molecular weight is 348 g/mol. The number of nitrogens with zero attached hydrogens (tertiary/aromatic N) is 6. The van der Waals surface area contributed by atoms with Crippen LogP contribution in [0, 0.1) is 25.2 Å². The Morgan fingerprint density at radius 2 is 1.88 bits per heavy atom. The molecule has 1 saturated heterocycles. The number of aromatic nitrogens is 4. The number of hydrogen-bond acceptors (Lipinski definition) is 6. The van der Waals surface area contributed by atoms with Crippen LogP contribution in [0.1, 0.15) is 29.7 Å². The first-order valence-corrected chi connectivity index (χ1v) is 8.74. The van der Waals surface area contributed by atoms with E-state index in [1.54, 1.807) is 18.5 Å². The molecule has 3 heterocycles. The van der Waals surface area contributed by atoms with E-state index >= 15 is 0 Å². The minimum atomic E-state index is 0.175. The number of rotatable bonds is 3. The summed E-state index contributed by atoms with van der Waals surface area (Å²) in [6.07, 6.45) is 3.58. The van der Waals surface area contributed by atoms with E-state index in [-0.39, 0.29) is 6.10 Å². The smallest absolute Gasteiger partial charge is 0.254 e. The van der Waals surface area contributed by atoms with E-state index in [9.17, 15) is 0 Å². The van der Waals surface area contributed by atoms with Crippen molar-refractivity contribution < 1.29 is 4.74 Å². The van der Waals surface area contributed by atoms with Crippen molar-refractivity contribution >= 4 is 11.6 Å². The molecule has 0 aliphatic carbocycles. The molecule has 7 nitrogen and oxygen atoms in total. The Morgan fingerprint density at radius 3 is 2.58 bits per heavy atom. The average Bonchev–Trinajstić information content (AvgIpc) is 3.12. The highest BCUT2D eigenvalue weighted by atomic mass is 16.5. The first-order valence-electron chi connectivity index (χ1n) is 8.74. The molecule has 0 N–H and O–H groups in total. The topological polar surface area (TPSA) is 79.3 Å². The second-order valence-electron chi connectivity index (χ2n) is 6.56. The predicted molar refractivity (Wildman–Crippen MR) is 97.3 cm³/mol. The van der Waals surface area contributed by atoms with Crippen LogP contribution in [0.25, 0.3) is 5.78 Å². The van der Waals surface area contributed by atoms with Crippen molar-refractivity contribution in [3.8, 4) is 11.8 Å². The first kappa shape index (κ1) is 16.3. The summed E-state index contributed by atoms with van der Waals surface area (Å²) in [7, 11) is 0. The summed E-state index contributed by atoms with van der Waals surface area (Å²) in [5.74, 6) is 2.53. The predicted octanol–water partition coefficient (Wildman–Crippen LogP) is 2.66. The van der Waals surface area contributed by atoms with Gasteiger partial charge in [0, 0.05) is 37.2 Å². The lowest BCUT2D eigenvalue weighted by Gasteiger charge is -2.34. The van der Waals surface area contributed by atoms with E-state index in [1.165, 1.54) is 0 Å². The molecule has 0 spiro atoms. The van der Waals surface area contributed by atoms with Gasteiger partial charge < -0.3 is 9.64 Å². The first-order chi connectivity index (χ1) is 12.7. The van der Waals surface area contributed by atoms with Crippen LogP contribution in [0.3, 0.4) is 0 Å². The van der Waals surface area contributed by atoms with Gasteiger partial charge in [0.05, 0.1) is 11.6 Å². The van der Waals surface area contributed by atoms with Gasteiger partial charge in [0.1, 0.15) is 24.0 Å². The second-order valence-corrected chi connectivity index (χ2v) is 6.56. The van der Waals surface area contributed by atoms with Crippen LogP contribution in [-0.2, 0) is 0 Å². The number of fused-ring (bicyclic) bond motifs is 1. The van der Waals surface area contributed by atoms with Crippen molar-refractivity contribution in [1.82, 2.24) is 19.6 Å². The molecular weight excluding hydrogens is 328 g/mol. The molecule has 1 fully saturated rings. The van der Waals surface area contributed by atoms with Gasteiger partial charge in [-0.25, -0.2) is 4.98 Å². The highest BCUT2D eigenvalue weighted by Gasteiger charge is 2.25. The van der Waals surface area contributed by atoms with Crippen LogP contribution in [0.15, 0.2) is 30.6 Å². The molecule has 0 atom stereocenters. The lowest BCUT2D eigenvalue weighted by Crippen LogP contribution is -2.39. The van der Waals surface area contributed by atoms with E-state index in [0.29, 0.717) is 11.3 Å². The highest BCUT2D eigenvalue weighted by Crippen LogP contribution is 2.27. The van der Waals surface area contributed by atoms with Gasteiger partial charge in [0.2, 0.25) is 0 Å². The fourth-order valence-electron chi connectivity index (χ4n) is 3.37. The quantitative estimate of drug-likeness (QED) is 0.724. The number of anilines is 1. The summed E-state index contributed by atoms with van der Waals surface area (Å²) in [4.78, 5) is 11.1. The maximum absolute atomic E-state index is 8.88. The Morgan fingerprint density at radius 1 is 1.15 bits per heavy atom. The minimum Gasteiger partial charge on any atom is -0.490 e. The van der Waals surface area contributed by atoms with Gasteiger partial charge in [0.25, 0.3) is 5.78 Å². The van der Waals surface area contributed by atoms with Gasteiger partial charge in [-0.3, -0.25) is 0 Å². The molecule has 0 unspecified atom stereocenters. The van der Waals surface area contributed by atoms with Crippen LogP contribution < -0.4 is 9.64 Å². The number of piperidine rings is 1. The summed E-state index contributed by atoms with van der Waals surface area (Å²) in [6.45, 7) is 5.87. The normalized spacial score (nSPS) is 15.2. The maximum atomic E-state index is 8.88. The fourth-order valence-corrected chi connectivity index (χ4v) is 3.37. The van der Waals surface area contributed by atoms with Gasteiger partial charge in [-0.15, -0.1) is 0 Å². The molecule has 2 aromatic heterocycles.